The maximum absolute atomic E-state index is 11.9. The highest BCUT2D eigenvalue weighted by Gasteiger charge is 2.35. The van der Waals surface area contributed by atoms with Crippen LogP contribution in [0, 0.1) is 3.57 Å². The summed E-state index contributed by atoms with van der Waals surface area (Å²) in [5, 5.41) is 14.1. The third-order valence-electron chi connectivity index (χ3n) is 1.43. The molecule has 96 valence electrons. The van der Waals surface area contributed by atoms with Crippen molar-refractivity contribution in [1.82, 2.24) is 4.98 Å². The lowest BCUT2D eigenvalue weighted by atomic mass is 10.4. The van der Waals surface area contributed by atoms with Crippen molar-refractivity contribution in [3.63, 3.8) is 0 Å². The SMILES string of the molecule is NS(=O)(=O)c1c(I)cnc(OC(F)(F)F)c1O. The van der Waals surface area contributed by atoms with Gasteiger partial charge in [0.25, 0.3) is 5.88 Å². The Morgan fingerprint density at radius 3 is 2.41 bits per heavy atom. The molecular formula is C6H4F3IN2O4S. The van der Waals surface area contributed by atoms with Crippen molar-refractivity contribution < 1.29 is 31.4 Å². The second-order valence-corrected chi connectivity index (χ2v) is 5.34. The van der Waals surface area contributed by atoms with Crippen molar-refractivity contribution in [2.24, 2.45) is 5.14 Å². The van der Waals surface area contributed by atoms with Gasteiger partial charge < -0.3 is 9.84 Å². The monoisotopic (exact) mass is 384 g/mol. The number of nitrogens with two attached hydrogens (primary N) is 1. The Hall–Kier alpha value is -0.820. The largest absolute Gasteiger partial charge is 0.574 e. The first-order chi connectivity index (χ1) is 7.52. The highest BCUT2D eigenvalue weighted by Crippen LogP contribution is 2.36. The molecule has 0 fully saturated rings. The number of primary sulfonamides is 1. The Kier molecular flexibility index (Phi) is 3.73. The van der Waals surface area contributed by atoms with E-state index in [0.29, 0.717) is 0 Å². The molecule has 6 nitrogen and oxygen atoms in total. The Balaban J connectivity index is 3.40. The summed E-state index contributed by atoms with van der Waals surface area (Å²) in [5.74, 6) is -2.56. The lowest BCUT2D eigenvalue weighted by molar-refractivity contribution is -0.276. The van der Waals surface area contributed by atoms with E-state index in [9.17, 15) is 26.7 Å². The molecule has 0 atom stereocenters. The van der Waals surface area contributed by atoms with Crippen molar-refractivity contribution in [3.05, 3.63) is 9.77 Å². The van der Waals surface area contributed by atoms with Crippen LogP contribution in [0.5, 0.6) is 11.6 Å². The van der Waals surface area contributed by atoms with E-state index in [-0.39, 0.29) is 3.57 Å². The first-order valence-electron chi connectivity index (χ1n) is 3.68. The van der Waals surface area contributed by atoms with Gasteiger partial charge in [-0.25, -0.2) is 18.5 Å². The van der Waals surface area contributed by atoms with Gasteiger partial charge in [-0.05, 0) is 22.6 Å². The van der Waals surface area contributed by atoms with Crippen LogP contribution in [0.2, 0.25) is 0 Å². The molecule has 1 aromatic heterocycles. The first-order valence-corrected chi connectivity index (χ1v) is 6.31. The molecule has 0 amide bonds. The quantitative estimate of drug-likeness (QED) is 0.739. The molecule has 0 unspecified atom stereocenters. The van der Waals surface area contributed by atoms with Crippen LogP contribution >= 0.6 is 22.6 Å². The molecule has 0 aliphatic carbocycles. The Bertz CT molecular complexity index is 545. The van der Waals surface area contributed by atoms with Gasteiger partial charge in [-0.3, -0.25) is 0 Å². The van der Waals surface area contributed by atoms with Crippen LogP contribution in [0.25, 0.3) is 0 Å². The summed E-state index contributed by atoms with van der Waals surface area (Å²) in [5.41, 5.74) is 0. The molecule has 0 radical (unpaired) electrons. The van der Waals surface area contributed by atoms with Crippen molar-refractivity contribution in [2.45, 2.75) is 11.3 Å². The molecule has 0 aliphatic heterocycles. The minimum absolute atomic E-state index is 0.128. The van der Waals surface area contributed by atoms with E-state index in [4.69, 9.17) is 5.14 Å². The molecule has 0 aliphatic rings. The summed E-state index contributed by atoms with van der Waals surface area (Å²) in [4.78, 5) is 2.25. The smallest absolute Gasteiger partial charge is 0.502 e. The van der Waals surface area contributed by atoms with Crippen LogP contribution in [0.15, 0.2) is 11.1 Å². The average Bonchev–Trinajstić information content (AvgIpc) is 2.06. The minimum atomic E-state index is -5.10. The lowest BCUT2D eigenvalue weighted by Crippen LogP contribution is -2.20. The van der Waals surface area contributed by atoms with Gasteiger partial charge in [0.1, 0.15) is 4.90 Å². The van der Waals surface area contributed by atoms with Gasteiger partial charge >= 0.3 is 6.36 Å². The zero-order valence-electron chi connectivity index (χ0n) is 7.69. The molecule has 0 saturated heterocycles. The molecule has 17 heavy (non-hydrogen) atoms. The second-order valence-electron chi connectivity index (χ2n) is 2.68. The predicted octanol–water partition coefficient (Wildman–Crippen LogP) is 0.938. The van der Waals surface area contributed by atoms with E-state index in [1.807, 2.05) is 0 Å². The average molecular weight is 384 g/mol. The molecule has 11 heteroatoms. The number of hydrogen-bond donors (Lipinski definition) is 2. The van der Waals surface area contributed by atoms with Crippen LogP contribution in [0.4, 0.5) is 13.2 Å². The van der Waals surface area contributed by atoms with Gasteiger partial charge in [0.05, 0.1) is 3.57 Å². The fourth-order valence-corrected chi connectivity index (χ4v) is 2.90. The number of pyridine rings is 1. The number of nitrogens with zero attached hydrogens (tertiary/aromatic N) is 1. The Labute approximate surface area is 107 Å². The fourth-order valence-electron chi connectivity index (χ4n) is 0.900. The first kappa shape index (κ1) is 14.2. The van der Waals surface area contributed by atoms with Crippen molar-refractivity contribution in [3.8, 4) is 11.6 Å². The number of aromatic hydroxyl groups is 1. The maximum Gasteiger partial charge on any atom is 0.574 e. The minimum Gasteiger partial charge on any atom is -0.502 e. The summed E-state index contributed by atoms with van der Waals surface area (Å²) in [6, 6.07) is 0. The maximum atomic E-state index is 11.9. The van der Waals surface area contributed by atoms with Crippen LogP contribution < -0.4 is 9.88 Å². The summed E-state index contributed by atoms with van der Waals surface area (Å²) >= 11 is 1.45. The van der Waals surface area contributed by atoms with E-state index >= 15 is 0 Å². The van der Waals surface area contributed by atoms with Crippen molar-refractivity contribution >= 4 is 32.6 Å². The highest BCUT2D eigenvalue weighted by atomic mass is 127. The van der Waals surface area contributed by atoms with Crippen LogP contribution in [-0.2, 0) is 10.0 Å². The Morgan fingerprint density at radius 2 is 2.00 bits per heavy atom. The second kappa shape index (κ2) is 4.45. The number of aromatic nitrogens is 1. The topological polar surface area (TPSA) is 103 Å². The van der Waals surface area contributed by atoms with E-state index in [1.54, 1.807) is 0 Å². The van der Waals surface area contributed by atoms with Crippen molar-refractivity contribution in [2.75, 3.05) is 0 Å². The van der Waals surface area contributed by atoms with E-state index in [1.165, 1.54) is 22.6 Å². The molecule has 1 rings (SSSR count). The van der Waals surface area contributed by atoms with Gasteiger partial charge in [-0.1, -0.05) is 0 Å². The number of ether oxygens (including phenoxy) is 1. The number of halogens is 4. The van der Waals surface area contributed by atoms with E-state index < -0.39 is 32.9 Å². The normalized spacial score (nSPS) is 12.5. The summed E-state index contributed by atoms with van der Waals surface area (Å²) in [6.07, 6.45) is -4.33. The molecule has 0 bridgehead atoms. The number of hydrogen-bond acceptors (Lipinski definition) is 5. The number of alkyl halides is 3. The molecule has 1 aromatic rings. The third-order valence-corrected chi connectivity index (χ3v) is 3.59. The molecule has 0 spiro atoms. The summed E-state index contributed by atoms with van der Waals surface area (Å²) in [6.45, 7) is 0. The van der Waals surface area contributed by atoms with Crippen LogP contribution in [-0.4, -0.2) is 24.9 Å². The molecule has 0 aromatic carbocycles. The lowest BCUT2D eigenvalue weighted by Gasteiger charge is -2.11. The standard InChI is InChI=1S/C6H4F3IN2O4S/c7-6(8,9)16-5-3(13)4(17(11,14)15)2(10)1-12-5/h1,13H,(H2,11,14,15). The van der Waals surface area contributed by atoms with Gasteiger partial charge in [0, 0.05) is 6.20 Å². The van der Waals surface area contributed by atoms with Gasteiger partial charge in [-0.15, -0.1) is 13.2 Å². The fraction of sp³-hybridized carbons (Fsp3) is 0.167. The molecule has 3 N–H and O–H groups in total. The highest BCUT2D eigenvalue weighted by molar-refractivity contribution is 14.1. The van der Waals surface area contributed by atoms with Crippen LogP contribution in [0.3, 0.4) is 0 Å². The number of rotatable bonds is 2. The number of sulfonamides is 1. The summed E-state index contributed by atoms with van der Waals surface area (Å²) in [7, 11) is -4.39. The third kappa shape index (κ3) is 3.57. The Morgan fingerprint density at radius 1 is 1.47 bits per heavy atom. The zero-order chi connectivity index (χ0) is 13.4. The van der Waals surface area contributed by atoms with E-state index in [0.717, 1.165) is 6.20 Å². The summed E-state index contributed by atoms with van der Waals surface area (Å²) < 4.78 is 61.0. The molecular weight excluding hydrogens is 380 g/mol. The molecule has 0 saturated carbocycles. The predicted molar refractivity (Wildman–Crippen MR) is 56.7 cm³/mol. The van der Waals surface area contributed by atoms with Gasteiger partial charge in [-0.2, -0.15) is 0 Å². The zero-order valence-corrected chi connectivity index (χ0v) is 10.7. The van der Waals surface area contributed by atoms with Crippen LogP contribution in [0.1, 0.15) is 0 Å². The van der Waals surface area contributed by atoms with Crippen molar-refractivity contribution in [1.29, 1.82) is 0 Å². The van der Waals surface area contributed by atoms with Gasteiger partial charge in [0.2, 0.25) is 10.0 Å². The molecule has 1 heterocycles. The van der Waals surface area contributed by atoms with E-state index in [2.05, 4.69) is 9.72 Å². The van der Waals surface area contributed by atoms with Gasteiger partial charge in [0.15, 0.2) is 5.75 Å².